The van der Waals surface area contributed by atoms with Gasteiger partial charge in [0.2, 0.25) is 0 Å². The molecule has 110 valence electrons. The van der Waals surface area contributed by atoms with Gasteiger partial charge in [0.05, 0.1) is 16.9 Å². The largest absolute Gasteiger partial charge is 0.381 e. The lowest BCUT2D eigenvalue weighted by molar-refractivity contribution is 0.600. The van der Waals surface area contributed by atoms with Gasteiger partial charge in [0, 0.05) is 7.05 Å². The van der Waals surface area contributed by atoms with E-state index in [0.29, 0.717) is 11.3 Å². The minimum atomic E-state index is -3.91. The van der Waals surface area contributed by atoms with Gasteiger partial charge in [0.25, 0.3) is 10.0 Å². The van der Waals surface area contributed by atoms with Crippen LogP contribution in [0, 0.1) is 25.2 Å². The number of aromatic nitrogens is 2. The second kappa shape index (κ2) is 5.10. The average molecular weight is 305 g/mol. The van der Waals surface area contributed by atoms with Crippen molar-refractivity contribution in [2.75, 3.05) is 10.5 Å². The van der Waals surface area contributed by atoms with Gasteiger partial charge in [-0.05, 0) is 25.5 Å². The lowest BCUT2D eigenvalue weighted by Gasteiger charge is -2.10. The summed E-state index contributed by atoms with van der Waals surface area (Å²) in [5.41, 5.74) is 7.28. The Morgan fingerprint density at radius 3 is 2.57 bits per heavy atom. The van der Waals surface area contributed by atoms with Crippen molar-refractivity contribution in [3.05, 3.63) is 35.0 Å². The second-order valence-corrected chi connectivity index (χ2v) is 6.26. The fourth-order valence-corrected chi connectivity index (χ4v) is 3.44. The van der Waals surface area contributed by atoms with E-state index in [2.05, 4.69) is 9.82 Å². The minimum Gasteiger partial charge on any atom is -0.381 e. The number of nitrogens with two attached hydrogens (primary N) is 1. The zero-order valence-electron chi connectivity index (χ0n) is 11.9. The van der Waals surface area contributed by atoms with Crippen LogP contribution < -0.4 is 10.5 Å². The van der Waals surface area contributed by atoms with Crippen LogP contribution >= 0.6 is 0 Å². The summed E-state index contributed by atoms with van der Waals surface area (Å²) in [6.07, 6.45) is 0. The number of nitriles is 1. The summed E-state index contributed by atoms with van der Waals surface area (Å²) in [7, 11) is -2.30. The molecule has 3 N–H and O–H groups in total. The van der Waals surface area contributed by atoms with Crippen LogP contribution in [0.5, 0.6) is 0 Å². The molecule has 0 radical (unpaired) electrons. The predicted octanol–water partition coefficient (Wildman–Crippen LogP) is 1.29. The molecular formula is C13H15N5O2S. The fourth-order valence-electron chi connectivity index (χ4n) is 2.04. The van der Waals surface area contributed by atoms with Gasteiger partial charge in [0.15, 0.2) is 10.7 Å². The molecule has 0 saturated carbocycles. The van der Waals surface area contributed by atoms with Crippen molar-refractivity contribution in [2.45, 2.75) is 18.7 Å². The van der Waals surface area contributed by atoms with Crippen molar-refractivity contribution < 1.29 is 8.42 Å². The maximum Gasteiger partial charge on any atom is 0.267 e. The van der Waals surface area contributed by atoms with Crippen LogP contribution in [0.25, 0.3) is 0 Å². The zero-order valence-corrected chi connectivity index (χ0v) is 12.7. The molecule has 0 aliphatic carbocycles. The van der Waals surface area contributed by atoms with Crippen molar-refractivity contribution in [1.29, 1.82) is 5.26 Å². The Balaban J connectivity index is 2.53. The van der Waals surface area contributed by atoms with Crippen LogP contribution in [-0.2, 0) is 17.1 Å². The van der Waals surface area contributed by atoms with Crippen LogP contribution in [0.2, 0.25) is 0 Å². The molecule has 7 nitrogen and oxygen atoms in total. The number of hydrogen-bond acceptors (Lipinski definition) is 5. The minimum absolute atomic E-state index is 0.0737. The van der Waals surface area contributed by atoms with Gasteiger partial charge in [-0.1, -0.05) is 12.1 Å². The zero-order chi connectivity index (χ0) is 15.8. The molecule has 2 rings (SSSR count). The summed E-state index contributed by atoms with van der Waals surface area (Å²) >= 11 is 0. The highest BCUT2D eigenvalue weighted by molar-refractivity contribution is 7.93. The van der Waals surface area contributed by atoms with Gasteiger partial charge < -0.3 is 5.73 Å². The molecule has 0 amide bonds. The van der Waals surface area contributed by atoms with E-state index in [-0.39, 0.29) is 22.0 Å². The van der Waals surface area contributed by atoms with Crippen molar-refractivity contribution in [2.24, 2.45) is 7.05 Å². The van der Waals surface area contributed by atoms with Gasteiger partial charge in [-0.3, -0.25) is 9.40 Å². The topological polar surface area (TPSA) is 114 Å². The molecule has 0 bridgehead atoms. The Bertz CT molecular complexity index is 846. The summed E-state index contributed by atoms with van der Waals surface area (Å²) in [5.74, 6) is -0.0753. The summed E-state index contributed by atoms with van der Waals surface area (Å²) in [6.45, 7) is 3.35. The maximum atomic E-state index is 12.5. The quantitative estimate of drug-likeness (QED) is 0.887. The molecule has 0 atom stereocenters. The molecule has 0 aliphatic rings. The van der Waals surface area contributed by atoms with E-state index in [9.17, 15) is 8.42 Å². The number of benzene rings is 1. The van der Waals surface area contributed by atoms with Gasteiger partial charge in [-0.2, -0.15) is 10.4 Å². The van der Waals surface area contributed by atoms with E-state index in [1.807, 2.05) is 6.07 Å². The standard InChI is InChI=1S/C13H15N5O2S/c1-8-5-4-6-11(10(8)7-14)17-21(19,20)12-9(2)18(3)16-13(12)15/h4-6,17H,1-3H3,(H2,15,16). The third kappa shape index (κ3) is 2.55. The number of hydrogen-bond donors (Lipinski definition) is 2. The van der Waals surface area contributed by atoms with Gasteiger partial charge >= 0.3 is 0 Å². The molecule has 0 aliphatic heterocycles. The highest BCUT2D eigenvalue weighted by atomic mass is 32.2. The third-order valence-electron chi connectivity index (χ3n) is 3.20. The molecule has 0 fully saturated rings. The lowest BCUT2D eigenvalue weighted by atomic mass is 10.1. The SMILES string of the molecule is Cc1cccc(NS(=O)(=O)c2c(N)nn(C)c2C)c1C#N. The Hall–Kier alpha value is -2.53. The molecule has 1 heterocycles. The molecule has 8 heteroatoms. The van der Waals surface area contributed by atoms with E-state index in [4.69, 9.17) is 11.0 Å². The van der Waals surface area contributed by atoms with E-state index >= 15 is 0 Å². The summed E-state index contributed by atoms with van der Waals surface area (Å²) in [6, 6.07) is 6.94. The molecule has 0 unspecified atom stereocenters. The number of nitrogen functional groups attached to an aromatic ring is 1. The Kier molecular flexibility index (Phi) is 3.61. The van der Waals surface area contributed by atoms with E-state index < -0.39 is 10.0 Å². The van der Waals surface area contributed by atoms with Crippen LogP contribution in [-0.4, -0.2) is 18.2 Å². The first-order valence-corrected chi connectivity index (χ1v) is 7.58. The molecular weight excluding hydrogens is 290 g/mol. The Labute approximate surface area is 123 Å². The Morgan fingerprint density at radius 1 is 1.38 bits per heavy atom. The number of anilines is 2. The second-order valence-electron chi connectivity index (χ2n) is 4.64. The molecule has 0 spiro atoms. The highest BCUT2D eigenvalue weighted by Crippen LogP contribution is 2.26. The highest BCUT2D eigenvalue weighted by Gasteiger charge is 2.25. The molecule has 21 heavy (non-hydrogen) atoms. The number of sulfonamides is 1. The predicted molar refractivity (Wildman–Crippen MR) is 79.1 cm³/mol. The van der Waals surface area contributed by atoms with Crippen molar-refractivity contribution in [3.8, 4) is 6.07 Å². The molecule has 1 aromatic heterocycles. The fraction of sp³-hybridized carbons (Fsp3) is 0.231. The van der Waals surface area contributed by atoms with E-state index in [1.54, 1.807) is 33.0 Å². The Morgan fingerprint density at radius 2 is 2.05 bits per heavy atom. The summed E-state index contributed by atoms with van der Waals surface area (Å²) in [5, 5.41) is 13.0. The first kappa shape index (κ1) is 14.9. The lowest BCUT2D eigenvalue weighted by Crippen LogP contribution is -2.16. The van der Waals surface area contributed by atoms with Crippen LogP contribution in [0.4, 0.5) is 11.5 Å². The maximum absolute atomic E-state index is 12.5. The van der Waals surface area contributed by atoms with Gasteiger partial charge in [-0.15, -0.1) is 0 Å². The van der Waals surface area contributed by atoms with Gasteiger partial charge in [0.1, 0.15) is 6.07 Å². The third-order valence-corrected chi connectivity index (χ3v) is 4.73. The smallest absolute Gasteiger partial charge is 0.267 e. The van der Waals surface area contributed by atoms with Crippen molar-refractivity contribution in [1.82, 2.24) is 9.78 Å². The number of nitrogens with one attached hydrogen (secondary N) is 1. The van der Waals surface area contributed by atoms with Gasteiger partial charge in [-0.25, -0.2) is 8.42 Å². The number of aryl methyl sites for hydroxylation is 2. The van der Waals surface area contributed by atoms with Crippen LogP contribution in [0.1, 0.15) is 16.8 Å². The first-order chi connectivity index (χ1) is 9.77. The molecule has 0 saturated heterocycles. The van der Waals surface area contributed by atoms with E-state index in [1.165, 1.54) is 10.7 Å². The van der Waals surface area contributed by atoms with Crippen molar-refractivity contribution in [3.63, 3.8) is 0 Å². The molecule has 1 aromatic carbocycles. The van der Waals surface area contributed by atoms with Crippen LogP contribution in [0.15, 0.2) is 23.1 Å². The number of nitrogens with zero attached hydrogens (tertiary/aromatic N) is 3. The van der Waals surface area contributed by atoms with Crippen molar-refractivity contribution >= 4 is 21.5 Å². The first-order valence-electron chi connectivity index (χ1n) is 6.09. The molecule has 2 aromatic rings. The monoisotopic (exact) mass is 305 g/mol. The summed E-state index contributed by atoms with van der Waals surface area (Å²) in [4.78, 5) is -0.0737. The number of rotatable bonds is 3. The normalized spacial score (nSPS) is 11.1. The average Bonchev–Trinajstić information content (AvgIpc) is 2.63. The summed E-state index contributed by atoms with van der Waals surface area (Å²) < 4.78 is 28.8. The van der Waals surface area contributed by atoms with E-state index in [0.717, 1.165) is 0 Å². The van der Waals surface area contributed by atoms with Crippen LogP contribution in [0.3, 0.4) is 0 Å².